The van der Waals surface area contributed by atoms with Gasteiger partial charge in [-0.2, -0.15) is 0 Å². The lowest BCUT2D eigenvalue weighted by Crippen LogP contribution is -2.47. The van der Waals surface area contributed by atoms with E-state index in [4.69, 9.17) is 9.47 Å². The normalized spacial score (nSPS) is 17.0. The molecule has 1 aromatic rings. The Balaban J connectivity index is 2.63. The van der Waals surface area contributed by atoms with E-state index in [2.05, 4.69) is 15.9 Å². The lowest BCUT2D eigenvalue weighted by Gasteiger charge is -2.31. The number of ether oxygens (including phenoxy) is 2. The first-order chi connectivity index (χ1) is 11.6. The van der Waals surface area contributed by atoms with Gasteiger partial charge in [-0.25, -0.2) is 13.6 Å². The number of esters is 2. The van der Waals surface area contributed by atoms with Gasteiger partial charge in [-0.05, 0) is 49.5 Å². The number of hydrogen-bond donors (Lipinski definition) is 0. The van der Waals surface area contributed by atoms with Crippen molar-refractivity contribution in [3.63, 3.8) is 0 Å². The molecule has 0 aliphatic rings. The first-order valence-electron chi connectivity index (χ1n) is 8.11. The molecule has 1 aromatic carbocycles. The van der Waals surface area contributed by atoms with Gasteiger partial charge in [0.2, 0.25) is 4.58 Å². The maximum Gasteiger partial charge on any atom is 0.348 e. The third kappa shape index (κ3) is 5.76. The maximum atomic E-state index is 14.9. The summed E-state index contributed by atoms with van der Waals surface area (Å²) >= 11 is 2.69. The Bertz CT molecular complexity index is 576. The van der Waals surface area contributed by atoms with E-state index in [0.717, 1.165) is 6.92 Å². The fraction of sp³-hybridized carbons (Fsp3) is 0.556. The van der Waals surface area contributed by atoms with Crippen LogP contribution in [0.5, 0.6) is 0 Å². The molecular formula is C18H23BrF2O4. The van der Waals surface area contributed by atoms with Gasteiger partial charge in [-0.15, -0.1) is 0 Å². The van der Waals surface area contributed by atoms with Crippen LogP contribution in [0, 0.1) is 0 Å². The van der Waals surface area contributed by atoms with E-state index in [1.165, 1.54) is 12.1 Å². The van der Waals surface area contributed by atoms with Gasteiger partial charge in [0.15, 0.2) is 0 Å². The van der Waals surface area contributed by atoms with Gasteiger partial charge in [-0.1, -0.05) is 30.3 Å². The van der Waals surface area contributed by atoms with Crippen molar-refractivity contribution in [1.29, 1.82) is 0 Å². The van der Waals surface area contributed by atoms with Crippen LogP contribution in [0.2, 0.25) is 0 Å². The van der Waals surface area contributed by atoms with Crippen molar-refractivity contribution in [3.05, 3.63) is 35.9 Å². The molecule has 0 bridgehead atoms. The number of rotatable bonds is 9. The summed E-state index contributed by atoms with van der Waals surface area (Å²) in [5.41, 5.74) is -2.95. The van der Waals surface area contributed by atoms with E-state index in [1.54, 1.807) is 32.0 Å². The van der Waals surface area contributed by atoms with Crippen molar-refractivity contribution < 1.29 is 27.8 Å². The molecule has 0 radical (unpaired) electrons. The van der Waals surface area contributed by atoms with E-state index in [-0.39, 0.29) is 18.0 Å². The van der Waals surface area contributed by atoms with Crippen LogP contribution in [0.1, 0.15) is 45.6 Å². The lowest BCUT2D eigenvalue weighted by atomic mass is 9.95. The fourth-order valence-corrected chi connectivity index (χ4v) is 2.59. The highest BCUT2D eigenvalue weighted by atomic mass is 79.9. The van der Waals surface area contributed by atoms with Gasteiger partial charge in [0.05, 0.1) is 12.7 Å². The minimum Gasteiger partial charge on any atom is -0.466 e. The standard InChI is InChI=1S/C18H23BrF2O4/c1-4-24-15(22)12-8-9-13(2)25-16(23)17(3,20)18(19,21)14-10-6-5-7-11-14/h5-7,10-11,13H,4,8-9,12H2,1-3H3. The molecule has 3 atom stereocenters. The topological polar surface area (TPSA) is 52.6 Å². The molecule has 0 spiro atoms. The van der Waals surface area contributed by atoms with Crippen LogP contribution in [0.15, 0.2) is 30.3 Å². The monoisotopic (exact) mass is 420 g/mol. The van der Waals surface area contributed by atoms with Crippen molar-refractivity contribution in [3.8, 4) is 0 Å². The highest BCUT2D eigenvalue weighted by Gasteiger charge is 2.56. The van der Waals surface area contributed by atoms with Crippen molar-refractivity contribution in [2.45, 2.75) is 56.4 Å². The highest BCUT2D eigenvalue weighted by Crippen LogP contribution is 2.46. The zero-order chi connectivity index (χ0) is 19.1. The summed E-state index contributed by atoms with van der Waals surface area (Å²) in [5, 5.41) is 0. The zero-order valence-corrected chi connectivity index (χ0v) is 16.1. The third-order valence-corrected chi connectivity index (χ3v) is 4.92. The number of hydrogen-bond acceptors (Lipinski definition) is 4. The third-order valence-electron chi connectivity index (χ3n) is 3.71. The van der Waals surface area contributed by atoms with Crippen LogP contribution >= 0.6 is 15.9 Å². The Morgan fingerprint density at radius 1 is 1.24 bits per heavy atom. The van der Waals surface area contributed by atoms with Crippen molar-refractivity contribution in [2.75, 3.05) is 6.61 Å². The van der Waals surface area contributed by atoms with Crippen LogP contribution < -0.4 is 0 Å². The van der Waals surface area contributed by atoms with E-state index in [0.29, 0.717) is 19.4 Å². The summed E-state index contributed by atoms with van der Waals surface area (Å²) in [7, 11) is 0. The van der Waals surface area contributed by atoms with Gasteiger partial charge in [-0.3, -0.25) is 4.79 Å². The molecule has 0 heterocycles. The molecule has 0 saturated carbocycles. The largest absolute Gasteiger partial charge is 0.466 e. The number of benzene rings is 1. The van der Waals surface area contributed by atoms with Gasteiger partial charge in [0.25, 0.3) is 5.67 Å². The molecule has 4 nitrogen and oxygen atoms in total. The number of alkyl halides is 3. The van der Waals surface area contributed by atoms with Crippen molar-refractivity contribution in [2.24, 2.45) is 0 Å². The molecule has 25 heavy (non-hydrogen) atoms. The Labute approximate surface area is 155 Å². The van der Waals surface area contributed by atoms with Crippen LogP contribution in [0.4, 0.5) is 8.78 Å². The summed E-state index contributed by atoms with van der Waals surface area (Å²) in [6.07, 6.45) is 0.284. The minimum absolute atomic E-state index is 0.0214. The summed E-state index contributed by atoms with van der Waals surface area (Å²) in [6.45, 7) is 4.41. The predicted octanol–water partition coefficient (Wildman–Crippen LogP) is 4.60. The Kier molecular flexibility index (Phi) is 7.99. The summed E-state index contributed by atoms with van der Waals surface area (Å²) in [6, 6.07) is 7.51. The summed E-state index contributed by atoms with van der Waals surface area (Å²) in [5.74, 6) is -1.65. The average molecular weight is 421 g/mol. The summed E-state index contributed by atoms with van der Waals surface area (Å²) < 4.78 is 36.9. The van der Waals surface area contributed by atoms with Gasteiger partial charge in [0, 0.05) is 12.0 Å². The van der Waals surface area contributed by atoms with Gasteiger partial charge < -0.3 is 9.47 Å². The maximum absolute atomic E-state index is 14.9. The first kappa shape index (κ1) is 21.5. The molecule has 1 rings (SSSR count). The van der Waals surface area contributed by atoms with E-state index < -0.39 is 22.3 Å². The molecule has 7 heteroatoms. The van der Waals surface area contributed by atoms with Crippen LogP contribution in [-0.2, 0) is 23.6 Å². The fourth-order valence-electron chi connectivity index (χ4n) is 2.17. The first-order valence-corrected chi connectivity index (χ1v) is 8.91. The molecular weight excluding hydrogens is 398 g/mol. The van der Waals surface area contributed by atoms with E-state index in [9.17, 15) is 18.4 Å². The molecule has 0 aliphatic carbocycles. The summed E-state index contributed by atoms with van der Waals surface area (Å²) in [4.78, 5) is 23.4. The second-order valence-corrected chi connectivity index (χ2v) is 6.95. The van der Waals surface area contributed by atoms with E-state index in [1.807, 2.05) is 0 Å². The van der Waals surface area contributed by atoms with Gasteiger partial charge in [0.1, 0.15) is 0 Å². The van der Waals surface area contributed by atoms with Crippen molar-refractivity contribution >= 4 is 27.9 Å². The Morgan fingerprint density at radius 2 is 1.84 bits per heavy atom. The van der Waals surface area contributed by atoms with Crippen LogP contribution in [0.25, 0.3) is 0 Å². The second kappa shape index (κ2) is 9.27. The Hall–Kier alpha value is -1.50. The highest BCUT2D eigenvalue weighted by molar-refractivity contribution is 9.09. The van der Waals surface area contributed by atoms with Gasteiger partial charge >= 0.3 is 11.9 Å². The molecule has 3 unspecified atom stereocenters. The molecule has 0 fully saturated rings. The number of halogens is 3. The molecule has 0 saturated heterocycles. The second-order valence-electron chi connectivity index (χ2n) is 5.86. The zero-order valence-electron chi connectivity index (χ0n) is 14.6. The average Bonchev–Trinajstić information content (AvgIpc) is 2.55. The Morgan fingerprint density at radius 3 is 2.40 bits per heavy atom. The minimum atomic E-state index is -2.93. The lowest BCUT2D eigenvalue weighted by molar-refractivity contribution is -0.168. The SMILES string of the molecule is CCOC(=O)CCCC(C)OC(=O)C(C)(F)C(F)(Br)c1ccccc1. The molecule has 0 amide bonds. The van der Waals surface area contributed by atoms with Crippen LogP contribution in [0.3, 0.4) is 0 Å². The van der Waals surface area contributed by atoms with Crippen LogP contribution in [-0.4, -0.2) is 30.3 Å². The van der Waals surface area contributed by atoms with E-state index >= 15 is 0 Å². The molecule has 0 N–H and O–H groups in total. The van der Waals surface area contributed by atoms with Crippen molar-refractivity contribution in [1.82, 2.24) is 0 Å². The smallest absolute Gasteiger partial charge is 0.348 e. The number of carbonyl (C=O) groups is 2. The predicted molar refractivity (Wildman–Crippen MR) is 93.7 cm³/mol. The number of carbonyl (C=O) groups excluding carboxylic acids is 2. The quantitative estimate of drug-likeness (QED) is 0.432. The molecule has 0 aromatic heterocycles. The molecule has 0 aliphatic heterocycles. The molecule has 140 valence electrons.